The lowest BCUT2D eigenvalue weighted by molar-refractivity contribution is -0.138. The van der Waals surface area contributed by atoms with Gasteiger partial charge in [-0.15, -0.1) is 11.6 Å². The predicted octanol–water partition coefficient (Wildman–Crippen LogP) is 3.36. The molecule has 6 heteroatoms. The van der Waals surface area contributed by atoms with E-state index >= 15 is 0 Å². The molecule has 1 saturated heterocycles. The molecule has 0 aromatic heterocycles. The van der Waals surface area contributed by atoms with Crippen molar-refractivity contribution in [1.29, 1.82) is 0 Å². The van der Waals surface area contributed by atoms with Crippen LogP contribution < -0.4 is 4.90 Å². The molecule has 1 aliphatic rings. The lowest BCUT2D eigenvalue weighted by Gasteiger charge is -2.19. The minimum atomic E-state index is -4.41. The van der Waals surface area contributed by atoms with Crippen LogP contribution in [0.5, 0.6) is 0 Å². The van der Waals surface area contributed by atoms with Crippen molar-refractivity contribution >= 4 is 23.2 Å². The van der Waals surface area contributed by atoms with Gasteiger partial charge in [-0.2, -0.15) is 13.2 Å². The molecule has 1 aliphatic heterocycles. The average molecular weight is 278 g/mol. The number of hydrogen-bond donors (Lipinski definition) is 0. The average Bonchev–Trinajstić information content (AvgIpc) is 2.57. The molecule has 2 rings (SSSR count). The van der Waals surface area contributed by atoms with Gasteiger partial charge in [-0.1, -0.05) is 6.07 Å². The summed E-state index contributed by atoms with van der Waals surface area (Å²) >= 11 is 5.83. The van der Waals surface area contributed by atoms with Crippen LogP contribution >= 0.6 is 11.6 Å². The monoisotopic (exact) mass is 277 g/mol. The Kier molecular flexibility index (Phi) is 3.27. The first-order valence-corrected chi connectivity index (χ1v) is 5.85. The lowest BCUT2D eigenvalue weighted by atomic mass is 10.1. The maximum atomic E-state index is 12.8. The van der Waals surface area contributed by atoms with Crippen LogP contribution in [0.15, 0.2) is 18.2 Å². The molecule has 1 amide bonds. The third-order valence-corrected chi connectivity index (χ3v) is 3.21. The highest BCUT2D eigenvalue weighted by Gasteiger charge is 2.35. The number of rotatable bonds is 1. The number of halogens is 4. The lowest BCUT2D eigenvalue weighted by Crippen LogP contribution is -2.25. The van der Waals surface area contributed by atoms with E-state index in [1.165, 1.54) is 24.0 Å². The summed E-state index contributed by atoms with van der Waals surface area (Å²) in [6, 6.07) is 3.88. The van der Waals surface area contributed by atoms with E-state index in [1.807, 2.05) is 0 Å². The van der Waals surface area contributed by atoms with Gasteiger partial charge in [0.2, 0.25) is 5.91 Å². The van der Waals surface area contributed by atoms with Gasteiger partial charge in [0.15, 0.2) is 0 Å². The van der Waals surface area contributed by atoms with Gasteiger partial charge in [-0.3, -0.25) is 4.79 Å². The van der Waals surface area contributed by atoms with Crippen molar-refractivity contribution in [3.63, 3.8) is 0 Å². The van der Waals surface area contributed by atoms with Crippen molar-refractivity contribution in [2.24, 2.45) is 0 Å². The van der Waals surface area contributed by atoms with Gasteiger partial charge in [-0.05, 0) is 24.6 Å². The van der Waals surface area contributed by atoms with Gasteiger partial charge >= 0.3 is 6.18 Å². The van der Waals surface area contributed by atoms with Crippen LogP contribution in [0.3, 0.4) is 0 Å². The zero-order valence-electron chi connectivity index (χ0n) is 9.59. The highest BCUT2D eigenvalue weighted by molar-refractivity contribution is 6.24. The molecule has 0 bridgehead atoms. The second kappa shape index (κ2) is 4.46. The van der Waals surface area contributed by atoms with Crippen LogP contribution in [0.25, 0.3) is 0 Å². The number of carbonyl (C=O) groups excluding carboxylic acids is 1. The molecular formula is C12H11ClF3NO. The van der Waals surface area contributed by atoms with E-state index in [-0.39, 0.29) is 35.5 Å². The van der Waals surface area contributed by atoms with E-state index in [4.69, 9.17) is 11.6 Å². The Morgan fingerprint density at radius 2 is 2.06 bits per heavy atom. The highest BCUT2D eigenvalue weighted by atomic mass is 35.5. The Labute approximate surface area is 107 Å². The number of nitrogens with zero attached hydrogens (tertiary/aromatic N) is 1. The van der Waals surface area contributed by atoms with E-state index in [2.05, 4.69) is 0 Å². The van der Waals surface area contributed by atoms with Crippen molar-refractivity contribution in [3.05, 3.63) is 29.3 Å². The van der Waals surface area contributed by atoms with Gasteiger partial charge in [-0.25, -0.2) is 0 Å². The van der Waals surface area contributed by atoms with Gasteiger partial charge in [0, 0.05) is 18.7 Å². The molecule has 2 nitrogen and oxygen atoms in total. The largest absolute Gasteiger partial charge is 0.416 e. The molecule has 18 heavy (non-hydrogen) atoms. The van der Waals surface area contributed by atoms with Crippen molar-refractivity contribution < 1.29 is 18.0 Å². The molecule has 0 radical (unpaired) electrons. The number of carbonyl (C=O) groups is 1. The SMILES string of the molecule is Cc1ccc(N2CC(Cl)CC2=O)cc1C(F)(F)F. The Hall–Kier alpha value is -1.23. The molecule has 1 unspecified atom stereocenters. The minimum absolute atomic E-state index is 0.139. The van der Waals surface area contributed by atoms with Crippen LogP contribution in [0.4, 0.5) is 18.9 Å². The molecule has 0 saturated carbocycles. The molecule has 0 spiro atoms. The van der Waals surface area contributed by atoms with Crippen LogP contribution in [0.2, 0.25) is 0 Å². The van der Waals surface area contributed by atoms with Crippen LogP contribution in [0, 0.1) is 6.92 Å². The molecule has 0 aliphatic carbocycles. The van der Waals surface area contributed by atoms with E-state index < -0.39 is 11.7 Å². The van der Waals surface area contributed by atoms with Gasteiger partial charge in [0.05, 0.1) is 10.9 Å². The Morgan fingerprint density at radius 3 is 2.56 bits per heavy atom. The summed E-state index contributed by atoms with van der Waals surface area (Å²) in [7, 11) is 0. The molecule has 1 atom stereocenters. The van der Waals surface area contributed by atoms with Crippen LogP contribution in [-0.2, 0) is 11.0 Å². The van der Waals surface area contributed by atoms with Crippen molar-refractivity contribution in [2.75, 3.05) is 11.4 Å². The molecule has 0 N–H and O–H groups in total. The summed E-state index contributed by atoms with van der Waals surface area (Å²) < 4.78 is 38.3. The number of aryl methyl sites for hydroxylation is 1. The number of alkyl halides is 4. The van der Waals surface area contributed by atoms with Crippen molar-refractivity contribution in [3.8, 4) is 0 Å². The Bertz CT molecular complexity index is 487. The first-order valence-electron chi connectivity index (χ1n) is 5.41. The maximum absolute atomic E-state index is 12.8. The van der Waals surface area contributed by atoms with E-state index in [0.717, 1.165) is 6.07 Å². The van der Waals surface area contributed by atoms with E-state index in [9.17, 15) is 18.0 Å². The predicted molar refractivity (Wildman–Crippen MR) is 62.8 cm³/mol. The smallest absolute Gasteiger partial charge is 0.311 e. The summed E-state index contributed by atoms with van der Waals surface area (Å²) in [4.78, 5) is 12.9. The summed E-state index contributed by atoms with van der Waals surface area (Å²) in [5.74, 6) is -0.244. The van der Waals surface area contributed by atoms with Gasteiger partial charge < -0.3 is 4.90 Å². The number of anilines is 1. The summed E-state index contributed by atoms with van der Waals surface area (Å²) in [5.41, 5.74) is -0.327. The number of hydrogen-bond acceptors (Lipinski definition) is 1. The molecule has 1 heterocycles. The Balaban J connectivity index is 2.39. The fourth-order valence-corrected chi connectivity index (χ4v) is 2.27. The second-order valence-electron chi connectivity index (χ2n) is 4.30. The quantitative estimate of drug-likeness (QED) is 0.721. The maximum Gasteiger partial charge on any atom is 0.416 e. The first kappa shape index (κ1) is 13.2. The third-order valence-electron chi connectivity index (χ3n) is 2.92. The first-order chi connectivity index (χ1) is 8.29. The van der Waals surface area contributed by atoms with E-state index in [1.54, 1.807) is 0 Å². The second-order valence-corrected chi connectivity index (χ2v) is 4.92. The molecule has 98 valence electrons. The normalized spacial score (nSPS) is 20.6. The zero-order chi connectivity index (χ0) is 13.5. The topological polar surface area (TPSA) is 20.3 Å². The van der Waals surface area contributed by atoms with Crippen LogP contribution in [-0.4, -0.2) is 17.8 Å². The number of benzene rings is 1. The standard InChI is InChI=1S/C12H11ClF3NO/c1-7-2-3-9(5-10(7)12(14,15)16)17-6-8(13)4-11(17)18/h2-3,5,8H,4,6H2,1H3. The highest BCUT2D eigenvalue weighted by Crippen LogP contribution is 2.35. The molecular weight excluding hydrogens is 267 g/mol. The van der Waals surface area contributed by atoms with Crippen molar-refractivity contribution in [1.82, 2.24) is 0 Å². The van der Waals surface area contributed by atoms with Gasteiger partial charge in [0.25, 0.3) is 0 Å². The molecule has 1 fully saturated rings. The summed E-state index contributed by atoms with van der Waals surface area (Å²) in [6.45, 7) is 1.64. The Morgan fingerprint density at radius 1 is 1.39 bits per heavy atom. The van der Waals surface area contributed by atoms with Gasteiger partial charge in [0.1, 0.15) is 0 Å². The zero-order valence-corrected chi connectivity index (χ0v) is 10.3. The third kappa shape index (κ3) is 2.46. The summed E-state index contributed by atoms with van der Waals surface area (Å²) in [5, 5.41) is -0.340. The minimum Gasteiger partial charge on any atom is -0.311 e. The van der Waals surface area contributed by atoms with E-state index in [0.29, 0.717) is 0 Å². The summed E-state index contributed by atoms with van der Waals surface area (Å²) in [6.07, 6.45) is -4.25. The fraction of sp³-hybridized carbons (Fsp3) is 0.417. The number of amides is 1. The molecule has 1 aromatic carbocycles. The molecule has 1 aromatic rings. The fourth-order valence-electron chi connectivity index (χ4n) is 2.00. The van der Waals surface area contributed by atoms with Crippen molar-refractivity contribution in [2.45, 2.75) is 24.9 Å². The van der Waals surface area contributed by atoms with Crippen LogP contribution in [0.1, 0.15) is 17.5 Å².